The van der Waals surface area contributed by atoms with Crippen LogP contribution in [0.25, 0.3) is 0 Å². The predicted octanol–water partition coefficient (Wildman–Crippen LogP) is 2.59. The first-order chi connectivity index (χ1) is 6.31. The molecule has 0 radical (unpaired) electrons. The Hall–Kier alpha value is -0.800. The van der Waals surface area contributed by atoms with E-state index in [1.807, 2.05) is 6.07 Å². The van der Waals surface area contributed by atoms with Crippen LogP contribution in [-0.2, 0) is 6.42 Å². The molecule has 0 aliphatic heterocycles. The molecule has 0 amide bonds. The fourth-order valence-corrected chi connectivity index (χ4v) is 1.81. The summed E-state index contributed by atoms with van der Waals surface area (Å²) in [6.45, 7) is 5.66. The molecule has 1 aromatic carbocycles. The number of rotatable bonds is 4. The fourth-order valence-electron chi connectivity index (χ4n) is 1.11. The average molecular weight is 194 g/mol. The van der Waals surface area contributed by atoms with Gasteiger partial charge in [0.05, 0.1) is 5.69 Å². The molecule has 70 valence electrons. The van der Waals surface area contributed by atoms with E-state index in [4.69, 9.17) is 5.73 Å². The molecular weight excluding hydrogens is 180 g/mol. The molecule has 1 aromatic rings. The van der Waals surface area contributed by atoms with E-state index in [0.29, 0.717) is 5.88 Å². The molecule has 1 rings (SSSR count). The Labute approximate surface area is 83.2 Å². The smallest absolute Gasteiger partial charge is 0.0758 e. The van der Waals surface area contributed by atoms with Crippen LogP contribution >= 0.6 is 11.8 Å². The van der Waals surface area contributed by atoms with Gasteiger partial charge in [-0.3, -0.25) is 4.99 Å². The summed E-state index contributed by atoms with van der Waals surface area (Å²) in [7, 11) is 0. The van der Waals surface area contributed by atoms with Crippen molar-refractivity contribution in [3.8, 4) is 0 Å². The van der Waals surface area contributed by atoms with Crippen molar-refractivity contribution in [3.63, 3.8) is 0 Å². The summed E-state index contributed by atoms with van der Waals surface area (Å²) in [4.78, 5) is 5.06. The SMILES string of the molecule is C=Nc1ccc(CC)cc1SCN. The highest BCUT2D eigenvalue weighted by Crippen LogP contribution is 2.29. The molecule has 0 saturated heterocycles. The zero-order valence-electron chi connectivity index (χ0n) is 7.79. The largest absolute Gasteiger partial charge is 0.322 e. The summed E-state index contributed by atoms with van der Waals surface area (Å²) in [6.07, 6.45) is 1.04. The normalized spacial score (nSPS) is 10.0. The van der Waals surface area contributed by atoms with Crippen molar-refractivity contribution in [3.05, 3.63) is 23.8 Å². The van der Waals surface area contributed by atoms with Gasteiger partial charge in [0.25, 0.3) is 0 Å². The second-order valence-electron chi connectivity index (χ2n) is 2.62. The monoisotopic (exact) mass is 194 g/mol. The van der Waals surface area contributed by atoms with Crippen LogP contribution < -0.4 is 5.73 Å². The lowest BCUT2D eigenvalue weighted by molar-refractivity contribution is 1.12. The average Bonchev–Trinajstić information content (AvgIpc) is 2.18. The van der Waals surface area contributed by atoms with Crippen LogP contribution in [0.1, 0.15) is 12.5 Å². The topological polar surface area (TPSA) is 38.4 Å². The second kappa shape index (κ2) is 5.04. The highest BCUT2D eigenvalue weighted by molar-refractivity contribution is 7.99. The third-order valence-corrected chi connectivity index (χ3v) is 2.65. The molecule has 0 fully saturated rings. The first-order valence-electron chi connectivity index (χ1n) is 4.24. The lowest BCUT2D eigenvalue weighted by Crippen LogP contribution is -1.92. The Morgan fingerprint density at radius 1 is 1.54 bits per heavy atom. The number of nitrogens with two attached hydrogens (primary N) is 1. The quantitative estimate of drug-likeness (QED) is 0.454. The summed E-state index contributed by atoms with van der Waals surface area (Å²) < 4.78 is 0. The Kier molecular flexibility index (Phi) is 3.99. The highest BCUT2D eigenvalue weighted by Gasteiger charge is 2.01. The first-order valence-corrected chi connectivity index (χ1v) is 5.23. The number of nitrogens with zero attached hydrogens (tertiary/aromatic N) is 1. The summed E-state index contributed by atoms with van der Waals surface area (Å²) in [5.41, 5.74) is 7.71. The molecule has 0 aromatic heterocycles. The van der Waals surface area contributed by atoms with Gasteiger partial charge < -0.3 is 5.73 Å². The van der Waals surface area contributed by atoms with Gasteiger partial charge in [0, 0.05) is 10.8 Å². The van der Waals surface area contributed by atoms with Crippen molar-refractivity contribution in [1.29, 1.82) is 0 Å². The van der Waals surface area contributed by atoms with Crippen molar-refractivity contribution >= 4 is 24.2 Å². The lowest BCUT2D eigenvalue weighted by atomic mass is 10.1. The fraction of sp³-hybridized carbons (Fsp3) is 0.300. The van der Waals surface area contributed by atoms with Crippen LogP contribution in [0.4, 0.5) is 5.69 Å². The van der Waals surface area contributed by atoms with Gasteiger partial charge in [-0.05, 0) is 30.8 Å². The number of hydrogen-bond donors (Lipinski definition) is 1. The van der Waals surface area contributed by atoms with Gasteiger partial charge in [0.1, 0.15) is 0 Å². The standard InChI is InChI=1S/C10H14N2S/c1-3-8-4-5-9(12-2)10(6-8)13-7-11/h4-6H,2-3,7,11H2,1H3. The zero-order chi connectivity index (χ0) is 9.68. The molecular formula is C10H14N2S. The van der Waals surface area contributed by atoms with E-state index in [-0.39, 0.29) is 0 Å². The molecule has 13 heavy (non-hydrogen) atoms. The number of aliphatic imine (C=N–C) groups is 1. The number of benzene rings is 1. The van der Waals surface area contributed by atoms with Gasteiger partial charge in [0.15, 0.2) is 0 Å². The van der Waals surface area contributed by atoms with Crippen molar-refractivity contribution in [2.75, 3.05) is 5.88 Å². The molecule has 0 unspecified atom stereocenters. The Bertz CT molecular complexity index is 297. The van der Waals surface area contributed by atoms with Gasteiger partial charge in [-0.2, -0.15) is 0 Å². The Morgan fingerprint density at radius 2 is 2.31 bits per heavy atom. The first kappa shape index (κ1) is 10.3. The van der Waals surface area contributed by atoms with Gasteiger partial charge >= 0.3 is 0 Å². The van der Waals surface area contributed by atoms with E-state index in [0.717, 1.165) is 17.0 Å². The van der Waals surface area contributed by atoms with E-state index in [9.17, 15) is 0 Å². The van der Waals surface area contributed by atoms with Crippen molar-refractivity contribution in [1.82, 2.24) is 0 Å². The zero-order valence-corrected chi connectivity index (χ0v) is 8.60. The predicted molar refractivity (Wildman–Crippen MR) is 59.9 cm³/mol. The number of aryl methyl sites for hydroxylation is 1. The summed E-state index contributed by atoms with van der Waals surface area (Å²) >= 11 is 1.60. The molecule has 0 aliphatic carbocycles. The van der Waals surface area contributed by atoms with Gasteiger partial charge in [-0.25, -0.2) is 0 Å². The second-order valence-corrected chi connectivity index (χ2v) is 3.69. The van der Waals surface area contributed by atoms with E-state index in [1.165, 1.54) is 5.56 Å². The highest BCUT2D eigenvalue weighted by atomic mass is 32.2. The van der Waals surface area contributed by atoms with Gasteiger partial charge in [-0.1, -0.05) is 13.0 Å². The van der Waals surface area contributed by atoms with Crippen molar-refractivity contribution < 1.29 is 0 Å². The van der Waals surface area contributed by atoms with E-state index in [2.05, 4.69) is 30.8 Å². The van der Waals surface area contributed by atoms with Crippen molar-refractivity contribution in [2.45, 2.75) is 18.2 Å². The maximum absolute atomic E-state index is 5.48. The minimum absolute atomic E-state index is 0.579. The molecule has 2 N–H and O–H groups in total. The number of hydrogen-bond acceptors (Lipinski definition) is 3. The van der Waals surface area contributed by atoms with Crippen molar-refractivity contribution in [2.24, 2.45) is 10.7 Å². The van der Waals surface area contributed by atoms with E-state index in [1.54, 1.807) is 11.8 Å². The van der Waals surface area contributed by atoms with Gasteiger partial charge in [0.2, 0.25) is 0 Å². The van der Waals surface area contributed by atoms with Crippen LogP contribution in [0, 0.1) is 0 Å². The maximum Gasteiger partial charge on any atom is 0.0758 e. The summed E-state index contributed by atoms with van der Waals surface area (Å²) in [5, 5.41) is 0. The molecule has 0 bridgehead atoms. The third kappa shape index (κ3) is 2.57. The molecule has 0 saturated carbocycles. The van der Waals surface area contributed by atoms with Crippen LogP contribution in [0.2, 0.25) is 0 Å². The van der Waals surface area contributed by atoms with Crippen LogP contribution in [0.5, 0.6) is 0 Å². The molecule has 0 aliphatic rings. The molecule has 3 heteroatoms. The Morgan fingerprint density at radius 3 is 2.85 bits per heavy atom. The van der Waals surface area contributed by atoms with E-state index < -0.39 is 0 Å². The molecule has 0 atom stereocenters. The lowest BCUT2D eigenvalue weighted by Gasteiger charge is -2.05. The minimum atomic E-state index is 0.579. The van der Waals surface area contributed by atoms with Crippen LogP contribution in [0.15, 0.2) is 28.1 Å². The maximum atomic E-state index is 5.48. The number of thioether (sulfide) groups is 1. The molecule has 0 spiro atoms. The van der Waals surface area contributed by atoms with Crippen LogP contribution in [0.3, 0.4) is 0 Å². The summed E-state index contributed by atoms with van der Waals surface area (Å²) in [6, 6.07) is 6.19. The summed E-state index contributed by atoms with van der Waals surface area (Å²) in [5.74, 6) is 0.579. The molecule has 2 nitrogen and oxygen atoms in total. The Balaban J connectivity index is 3.02. The molecule has 0 heterocycles. The third-order valence-electron chi connectivity index (χ3n) is 1.84. The van der Waals surface area contributed by atoms with Crippen LogP contribution in [-0.4, -0.2) is 12.6 Å². The van der Waals surface area contributed by atoms with E-state index >= 15 is 0 Å². The minimum Gasteiger partial charge on any atom is -0.322 e. The van der Waals surface area contributed by atoms with Gasteiger partial charge in [-0.15, -0.1) is 11.8 Å².